The fraction of sp³-hybridized carbons (Fsp3) is 0.542. The van der Waals surface area contributed by atoms with Crippen molar-refractivity contribution < 1.29 is 13.2 Å². The molecule has 8 nitrogen and oxygen atoms in total. The first-order valence-corrected chi connectivity index (χ1v) is 13.2. The molecule has 9 heteroatoms. The number of benzene rings is 1. The number of aromatic nitrogens is 2. The summed E-state index contributed by atoms with van der Waals surface area (Å²) in [5, 5.41) is -0.466. The van der Waals surface area contributed by atoms with Crippen LogP contribution in [0.25, 0.3) is 0 Å². The molecule has 2 fully saturated rings. The zero-order chi connectivity index (χ0) is 23.6. The summed E-state index contributed by atoms with van der Waals surface area (Å²) in [6.07, 6.45) is 2.64. The Kier molecular flexibility index (Phi) is 6.88. The first kappa shape index (κ1) is 23.5. The van der Waals surface area contributed by atoms with Crippen LogP contribution in [0.5, 0.6) is 0 Å². The van der Waals surface area contributed by atoms with Crippen molar-refractivity contribution in [3.05, 3.63) is 41.6 Å². The van der Waals surface area contributed by atoms with Crippen LogP contribution in [0.2, 0.25) is 0 Å². The minimum atomic E-state index is -3.30. The van der Waals surface area contributed by atoms with E-state index in [2.05, 4.69) is 14.8 Å². The van der Waals surface area contributed by atoms with Crippen LogP contribution in [-0.4, -0.2) is 73.7 Å². The van der Waals surface area contributed by atoms with Gasteiger partial charge in [0.05, 0.1) is 16.6 Å². The van der Waals surface area contributed by atoms with E-state index in [1.807, 2.05) is 17.9 Å². The molecule has 2 saturated heterocycles. The smallest absolute Gasteiger partial charge is 0.227 e. The lowest BCUT2D eigenvalue weighted by Crippen LogP contribution is -2.49. The number of sulfone groups is 1. The van der Waals surface area contributed by atoms with Crippen LogP contribution in [0.1, 0.15) is 37.9 Å². The Morgan fingerprint density at radius 1 is 0.939 bits per heavy atom. The molecule has 0 aliphatic carbocycles. The van der Waals surface area contributed by atoms with Crippen LogP contribution in [0.15, 0.2) is 35.2 Å². The molecule has 2 aliphatic heterocycles. The summed E-state index contributed by atoms with van der Waals surface area (Å²) in [6, 6.07) is 8.71. The van der Waals surface area contributed by atoms with Crippen molar-refractivity contribution in [2.45, 2.75) is 50.2 Å². The Morgan fingerprint density at radius 3 is 2.18 bits per heavy atom. The number of rotatable bonds is 6. The second-order valence-corrected chi connectivity index (χ2v) is 11.6. The van der Waals surface area contributed by atoms with Gasteiger partial charge in [-0.25, -0.2) is 13.4 Å². The molecule has 178 valence electrons. The monoisotopic (exact) mass is 471 g/mol. The normalized spacial score (nSPS) is 17.2. The summed E-state index contributed by atoms with van der Waals surface area (Å²) in [5.41, 5.74) is 1.79. The Bertz CT molecular complexity index is 1090. The molecule has 33 heavy (non-hydrogen) atoms. The third kappa shape index (κ3) is 5.29. The Labute approximate surface area is 196 Å². The third-order valence-corrected chi connectivity index (χ3v) is 8.57. The van der Waals surface area contributed by atoms with E-state index in [9.17, 15) is 13.2 Å². The minimum Gasteiger partial charge on any atom is -0.353 e. The van der Waals surface area contributed by atoms with E-state index in [4.69, 9.17) is 4.98 Å². The van der Waals surface area contributed by atoms with Crippen molar-refractivity contribution in [1.29, 1.82) is 0 Å². The molecule has 0 unspecified atom stereocenters. The quantitative estimate of drug-likeness (QED) is 0.640. The number of carbonyl (C=O) groups is 1. The molecular formula is C24H33N5O3S. The number of aryl methyl sites for hydroxylation is 1. The molecule has 2 aliphatic rings. The third-order valence-electron chi connectivity index (χ3n) is 6.40. The van der Waals surface area contributed by atoms with Crippen LogP contribution >= 0.6 is 0 Å². The molecule has 1 aromatic heterocycles. The summed E-state index contributed by atoms with van der Waals surface area (Å²) >= 11 is 0. The van der Waals surface area contributed by atoms with Crippen molar-refractivity contribution in [3.8, 4) is 0 Å². The van der Waals surface area contributed by atoms with Crippen molar-refractivity contribution in [3.63, 3.8) is 0 Å². The van der Waals surface area contributed by atoms with Gasteiger partial charge in [0.25, 0.3) is 0 Å². The van der Waals surface area contributed by atoms with E-state index < -0.39 is 15.1 Å². The van der Waals surface area contributed by atoms with Crippen LogP contribution in [0.3, 0.4) is 0 Å². The SMILES string of the molecule is Cc1cc(N2CCN(C(=O)Cc3ccc(S(=O)(=O)C(C)C)cc3)CC2)nc(N2CCCC2)n1. The molecule has 3 heterocycles. The van der Waals surface area contributed by atoms with Gasteiger partial charge in [-0.3, -0.25) is 4.79 Å². The van der Waals surface area contributed by atoms with Gasteiger partial charge in [-0.1, -0.05) is 12.1 Å². The number of amides is 1. The highest BCUT2D eigenvalue weighted by Gasteiger charge is 2.24. The lowest BCUT2D eigenvalue weighted by molar-refractivity contribution is -0.130. The van der Waals surface area contributed by atoms with E-state index in [1.165, 1.54) is 12.8 Å². The molecule has 0 spiro atoms. The van der Waals surface area contributed by atoms with Gasteiger partial charge in [-0.05, 0) is 51.3 Å². The number of hydrogen-bond donors (Lipinski definition) is 0. The van der Waals surface area contributed by atoms with Crippen molar-refractivity contribution in [2.24, 2.45) is 0 Å². The summed E-state index contributed by atoms with van der Waals surface area (Å²) in [4.78, 5) is 28.9. The molecule has 0 N–H and O–H groups in total. The first-order valence-electron chi connectivity index (χ1n) is 11.7. The maximum absolute atomic E-state index is 12.8. The predicted molar refractivity (Wildman–Crippen MR) is 129 cm³/mol. The van der Waals surface area contributed by atoms with Crippen molar-refractivity contribution >= 4 is 27.5 Å². The topological polar surface area (TPSA) is 86.7 Å². The highest BCUT2D eigenvalue weighted by atomic mass is 32.2. The maximum atomic E-state index is 12.8. The number of hydrogen-bond acceptors (Lipinski definition) is 7. The summed E-state index contributed by atoms with van der Waals surface area (Å²) in [6.45, 7) is 10.1. The first-order chi connectivity index (χ1) is 15.7. The summed E-state index contributed by atoms with van der Waals surface area (Å²) < 4.78 is 24.6. The van der Waals surface area contributed by atoms with Crippen LogP contribution in [-0.2, 0) is 21.1 Å². The van der Waals surface area contributed by atoms with Gasteiger partial charge < -0.3 is 14.7 Å². The summed E-state index contributed by atoms with van der Waals surface area (Å²) in [7, 11) is -3.30. The fourth-order valence-electron chi connectivity index (χ4n) is 4.30. The van der Waals surface area contributed by atoms with Gasteiger partial charge in [-0.2, -0.15) is 4.98 Å². The fourth-order valence-corrected chi connectivity index (χ4v) is 5.36. The Morgan fingerprint density at radius 2 is 1.58 bits per heavy atom. The largest absolute Gasteiger partial charge is 0.353 e. The van der Waals surface area contributed by atoms with E-state index in [-0.39, 0.29) is 12.3 Å². The molecular weight excluding hydrogens is 438 g/mol. The van der Waals surface area contributed by atoms with Gasteiger partial charge in [0.2, 0.25) is 11.9 Å². The second kappa shape index (κ2) is 9.67. The van der Waals surface area contributed by atoms with Crippen LogP contribution < -0.4 is 9.80 Å². The van der Waals surface area contributed by atoms with Gasteiger partial charge in [0.15, 0.2) is 9.84 Å². The van der Waals surface area contributed by atoms with E-state index in [0.717, 1.165) is 49.2 Å². The molecule has 0 saturated carbocycles. The van der Waals surface area contributed by atoms with Gasteiger partial charge >= 0.3 is 0 Å². The lowest BCUT2D eigenvalue weighted by Gasteiger charge is -2.36. The lowest BCUT2D eigenvalue weighted by atomic mass is 10.1. The van der Waals surface area contributed by atoms with Crippen molar-refractivity contribution in [1.82, 2.24) is 14.9 Å². The zero-order valence-electron chi connectivity index (χ0n) is 19.7. The van der Waals surface area contributed by atoms with Crippen molar-refractivity contribution in [2.75, 3.05) is 49.1 Å². The van der Waals surface area contributed by atoms with Gasteiger partial charge in [-0.15, -0.1) is 0 Å². The predicted octanol–water partition coefficient (Wildman–Crippen LogP) is 2.46. The number of nitrogens with zero attached hydrogens (tertiary/aromatic N) is 5. The zero-order valence-corrected chi connectivity index (χ0v) is 20.5. The standard InChI is InChI=1S/C24H33N5O3S/c1-18(2)33(31,32)21-8-6-20(7-9-21)17-23(30)28-14-12-27(13-15-28)22-16-19(3)25-24(26-22)29-10-4-5-11-29/h6-9,16,18H,4-5,10-15,17H2,1-3H3. The van der Waals surface area contributed by atoms with Gasteiger partial charge in [0.1, 0.15) is 5.82 Å². The van der Waals surface area contributed by atoms with Crippen LogP contribution in [0, 0.1) is 6.92 Å². The average molecular weight is 472 g/mol. The molecule has 0 radical (unpaired) electrons. The van der Waals surface area contributed by atoms with E-state index in [1.54, 1.807) is 38.1 Å². The molecule has 1 amide bonds. The molecule has 1 aromatic carbocycles. The second-order valence-electron chi connectivity index (χ2n) is 9.14. The number of carbonyl (C=O) groups excluding carboxylic acids is 1. The number of anilines is 2. The molecule has 2 aromatic rings. The highest BCUT2D eigenvalue weighted by Crippen LogP contribution is 2.22. The molecule has 4 rings (SSSR count). The number of piperazine rings is 1. The Balaban J connectivity index is 1.35. The van der Waals surface area contributed by atoms with Crippen LogP contribution in [0.4, 0.5) is 11.8 Å². The molecule has 0 bridgehead atoms. The Hall–Kier alpha value is -2.68. The van der Waals surface area contributed by atoms with Gasteiger partial charge in [0, 0.05) is 51.0 Å². The van der Waals surface area contributed by atoms with E-state index >= 15 is 0 Å². The highest BCUT2D eigenvalue weighted by molar-refractivity contribution is 7.92. The van der Waals surface area contributed by atoms with E-state index in [0.29, 0.717) is 18.0 Å². The minimum absolute atomic E-state index is 0.0609. The average Bonchev–Trinajstić information content (AvgIpc) is 3.34. The maximum Gasteiger partial charge on any atom is 0.227 e. The summed E-state index contributed by atoms with van der Waals surface area (Å²) in [5.74, 6) is 1.80. The molecule has 0 atom stereocenters.